The fourth-order valence-corrected chi connectivity index (χ4v) is 9.37. The molecule has 0 saturated carbocycles. The standard InChI is InChI=1S/C58H50/c1-41(45-27-11-3-4-12-30-51(50-33-17-16-31-48(45)50)49-32-15-13-28-46(49)43-23-7-5-8-24-43)39-40-42(2)57-53-35-19-21-37-55(53)58(56-38-22-20-36-54(56)57)52-34-18-14-29-47(52)44-25-9-6-10-26-44/h3-7,9-12,14-23,25-26,29,31-40H,8,13,24,27-28,30H2,1-2H3/b11-3-,12-4-,41-39+,42-40+,48-45+,51-50+. The van der Waals surface area contributed by atoms with Crippen molar-refractivity contribution in [2.24, 2.45) is 0 Å². The van der Waals surface area contributed by atoms with Crippen LogP contribution in [0.2, 0.25) is 0 Å². The number of allylic oxidation sites excluding steroid dienone is 16. The van der Waals surface area contributed by atoms with E-state index in [1.165, 1.54) is 98.8 Å². The molecule has 0 nitrogen and oxygen atoms in total. The number of fused-ring (bicyclic) bond motifs is 3. The van der Waals surface area contributed by atoms with Gasteiger partial charge in [0, 0.05) is 0 Å². The molecule has 58 heavy (non-hydrogen) atoms. The second-order valence-corrected chi connectivity index (χ2v) is 15.7. The molecule has 6 aromatic rings. The molecule has 0 N–H and O–H groups in total. The zero-order valence-electron chi connectivity index (χ0n) is 33.7. The zero-order valence-corrected chi connectivity index (χ0v) is 33.7. The molecule has 0 aliphatic heterocycles. The van der Waals surface area contributed by atoms with E-state index in [4.69, 9.17) is 0 Å². The first-order valence-corrected chi connectivity index (χ1v) is 21.0. The molecular weight excluding hydrogens is 697 g/mol. The molecule has 0 fully saturated rings. The van der Waals surface area contributed by atoms with Gasteiger partial charge in [-0.1, -0.05) is 194 Å². The molecule has 0 aromatic heterocycles. The zero-order chi connectivity index (χ0) is 39.3. The van der Waals surface area contributed by atoms with Crippen LogP contribution in [0.25, 0.3) is 60.5 Å². The van der Waals surface area contributed by atoms with Crippen molar-refractivity contribution in [1.29, 1.82) is 0 Å². The van der Waals surface area contributed by atoms with E-state index in [9.17, 15) is 0 Å². The smallest absolute Gasteiger partial charge is 0.00201 e. The van der Waals surface area contributed by atoms with Gasteiger partial charge >= 0.3 is 0 Å². The van der Waals surface area contributed by atoms with Crippen LogP contribution in [0, 0.1) is 0 Å². The first kappa shape index (κ1) is 37.1. The highest BCUT2D eigenvalue weighted by Gasteiger charge is 2.20. The summed E-state index contributed by atoms with van der Waals surface area (Å²) in [5, 5.41) is 7.78. The number of hydrogen-bond donors (Lipinski definition) is 0. The summed E-state index contributed by atoms with van der Waals surface area (Å²) in [6, 6.07) is 46.8. The van der Waals surface area contributed by atoms with Crippen molar-refractivity contribution in [2.75, 3.05) is 0 Å². The van der Waals surface area contributed by atoms with E-state index in [2.05, 4.69) is 208 Å². The molecule has 0 heterocycles. The Labute approximate surface area is 344 Å². The molecule has 6 aromatic carbocycles. The quantitative estimate of drug-likeness (QED) is 0.113. The Kier molecular flexibility index (Phi) is 10.8. The van der Waals surface area contributed by atoms with Gasteiger partial charge in [-0.2, -0.15) is 0 Å². The summed E-state index contributed by atoms with van der Waals surface area (Å²) in [6.45, 7) is 4.59. The van der Waals surface area contributed by atoms with Crippen LogP contribution >= 0.6 is 0 Å². The molecular formula is C58H50. The largest absolute Gasteiger partial charge is 0.0842 e. The summed E-state index contributed by atoms with van der Waals surface area (Å²) in [5.74, 6) is 0. The third-order valence-electron chi connectivity index (χ3n) is 12.2. The van der Waals surface area contributed by atoms with Gasteiger partial charge in [0.15, 0.2) is 0 Å². The summed E-state index contributed by atoms with van der Waals surface area (Å²) in [7, 11) is 0. The summed E-state index contributed by atoms with van der Waals surface area (Å²) in [5.41, 5.74) is 16.1. The highest BCUT2D eigenvalue weighted by molar-refractivity contribution is 6.19. The van der Waals surface area contributed by atoms with E-state index < -0.39 is 0 Å². The van der Waals surface area contributed by atoms with Crippen molar-refractivity contribution < 1.29 is 0 Å². The lowest BCUT2D eigenvalue weighted by Gasteiger charge is -2.22. The second kappa shape index (κ2) is 16.9. The summed E-state index contributed by atoms with van der Waals surface area (Å²) in [4.78, 5) is 0. The fourth-order valence-electron chi connectivity index (χ4n) is 9.37. The van der Waals surface area contributed by atoms with E-state index in [1.807, 2.05) is 0 Å². The van der Waals surface area contributed by atoms with Gasteiger partial charge in [-0.3, -0.25) is 0 Å². The Morgan fingerprint density at radius 2 is 1.09 bits per heavy atom. The average Bonchev–Trinajstić information content (AvgIpc) is 3.29. The molecule has 0 spiro atoms. The topological polar surface area (TPSA) is 0 Å². The maximum atomic E-state index is 2.41. The van der Waals surface area contributed by atoms with E-state index in [0.29, 0.717) is 0 Å². The van der Waals surface area contributed by atoms with Crippen molar-refractivity contribution in [2.45, 2.75) is 52.4 Å². The monoisotopic (exact) mass is 746 g/mol. The molecule has 0 bridgehead atoms. The molecule has 0 radical (unpaired) electrons. The van der Waals surface area contributed by atoms with Crippen molar-refractivity contribution in [1.82, 2.24) is 0 Å². The predicted molar refractivity (Wildman–Crippen MR) is 252 cm³/mol. The van der Waals surface area contributed by atoms with Gasteiger partial charge in [0.1, 0.15) is 0 Å². The maximum absolute atomic E-state index is 2.41. The Balaban J connectivity index is 1.22. The molecule has 0 atom stereocenters. The summed E-state index contributed by atoms with van der Waals surface area (Å²) < 4.78 is 0. The Bertz CT molecular complexity index is 2870. The van der Waals surface area contributed by atoms with Crippen LogP contribution < -0.4 is 10.4 Å². The normalized spacial score (nSPS) is 19.2. The number of benzene rings is 6. The van der Waals surface area contributed by atoms with Crippen molar-refractivity contribution in [3.63, 3.8) is 0 Å². The van der Waals surface area contributed by atoms with E-state index >= 15 is 0 Å². The van der Waals surface area contributed by atoms with Gasteiger partial charge in [-0.15, -0.1) is 0 Å². The van der Waals surface area contributed by atoms with Gasteiger partial charge < -0.3 is 0 Å². The first-order valence-electron chi connectivity index (χ1n) is 21.0. The van der Waals surface area contributed by atoms with Crippen LogP contribution in [0.5, 0.6) is 0 Å². The van der Waals surface area contributed by atoms with Crippen molar-refractivity contribution in [3.8, 4) is 22.3 Å². The lowest BCUT2D eigenvalue weighted by Crippen LogP contribution is -2.30. The van der Waals surface area contributed by atoms with Crippen LogP contribution in [-0.4, -0.2) is 0 Å². The van der Waals surface area contributed by atoms with Crippen LogP contribution in [-0.2, 0) is 0 Å². The molecule has 3 aliphatic carbocycles. The fraction of sp³-hybridized carbons (Fsp3) is 0.138. The SMILES string of the molecule is CC(=C\C=C(/C)c1c2ccccc2c(-c2ccccc2-c2ccccc2)c2ccccc12)/C1=c2\cccc\c2=C(/C2=C(C3=CC=CCC3)CCC=C2)C/C=C\C=C/C1. The van der Waals surface area contributed by atoms with Crippen molar-refractivity contribution in [3.05, 3.63) is 233 Å². The minimum atomic E-state index is 0.864. The molecule has 9 rings (SSSR count). The molecule has 0 saturated heterocycles. The van der Waals surface area contributed by atoms with Gasteiger partial charge in [0.25, 0.3) is 0 Å². The lowest BCUT2D eigenvalue weighted by atomic mass is 9.82. The Morgan fingerprint density at radius 3 is 1.81 bits per heavy atom. The van der Waals surface area contributed by atoms with E-state index in [-0.39, 0.29) is 0 Å². The predicted octanol–water partition coefficient (Wildman–Crippen LogP) is 14.5. The Hall–Kier alpha value is -6.50. The maximum Gasteiger partial charge on any atom is -0.00201 e. The first-order chi connectivity index (χ1) is 28.7. The number of hydrogen-bond acceptors (Lipinski definition) is 0. The van der Waals surface area contributed by atoms with Crippen molar-refractivity contribution >= 4 is 38.3 Å². The van der Waals surface area contributed by atoms with Gasteiger partial charge in [-0.05, 0) is 151 Å². The van der Waals surface area contributed by atoms with Gasteiger partial charge in [0.2, 0.25) is 0 Å². The van der Waals surface area contributed by atoms with Crippen LogP contribution in [0.3, 0.4) is 0 Å². The molecule has 0 amide bonds. The van der Waals surface area contributed by atoms with Crippen LogP contribution in [0.1, 0.15) is 57.9 Å². The highest BCUT2D eigenvalue weighted by atomic mass is 14.2. The van der Waals surface area contributed by atoms with Crippen LogP contribution in [0.15, 0.2) is 217 Å². The van der Waals surface area contributed by atoms with Crippen LogP contribution in [0.4, 0.5) is 0 Å². The van der Waals surface area contributed by atoms with Gasteiger partial charge in [0.05, 0.1) is 0 Å². The molecule has 0 heteroatoms. The third-order valence-corrected chi connectivity index (χ3v) is 12.2. The summed E-state index contributed by atoms with van der Waals surface area (Å²) >= 11 is 0. The average molecular weight is 747 g/mol. The van der Waals surface area contributed by atoms with E-state index in [0.717, 1.165) is 38.5 Å². The Morgan fingerprint density at radius 1 is 0.483 bits per heavy atom. The third kappa shape index (κ3) is 7.28. The molecule has 3 aliphatic rings. The second-order valence-electron chi connectivity index (χ2n) is 15.7. The number of rotatable bonds is 7. The lowest BCUT2D eigenvalue weighted by molar-refractivity contribution is 0.889. The minimum Gasteiger partial charge on any atom is -0.0842 e. The summed E-state index contributed by atoms with van der Waals surface area (Å²) in [6.07, 6.45) is 31.7. The van der Waals surface area contributed by atoms with Gasteiger partial charge in [-0.25, -0.2) is 0 Å². The minimum absolute atomic E-state index is 0.864. The van der Waals surface area contributed by atoms with E-state index in [1.54, 1.807) is 0 Å². The highest BCUT2D eigenvalue weighted by Crippen LogP contribution is 2.44. The molecule has 282 valence electrons. The molecule has 0 unspecified atom stereocenters.